The summed E-state index contributed by atoms with van der Waals surface area (Å²) < 4.78 is 9.59. The average molecular weight is 529 g/mol. The lowest BCUT2D eigenvalue weighted by atomic mass is 9.97. The maximum Gasteiger partial charge on any atom is 0.257 e. The van der Waals surface area contributed by atoms with Crippen molar-refractivity contribution in [3.63, 3.8) is 0 Å². The first-order valence-electron chi connectivity index (χ1n) is 12.6. The van der Waals surface area contributed by atoms with Gasteiger partial charge in [0.05, 0.1) is 34.3 Å². The zero-order valence-electron chi connectivity index (χ0n) is 21.8. The first kappa shape index (κ1) is 24.7. The highest BCUT2D eigenvalue weighted by Crippen LogP contribution is 2.30. The fourth-order valence-electron chi connectivity index (χ4n) is 4.75. The number of carbonyl (C=O) groups excluding carboxylic acids is 1. The van der Waals surface area contributed by atoms with E-state index in [0.717, 1.165) is 5.56 Å². The summed E-state index contributed by atoms with van der Waals surface area (Å²) in [5, 5.41) is 11.7. The molecule has 1 atom stereocenters. The van der Waals surface area contributed by atoms with Gasteiger partial charge in [-0.3, -0.25) is 14.3 Å². The highest BCUT2D eigenvalue weighted by atomic mass is 16.3. The molecule has 0 bridgehead atoms. The molecular formula is C31H24N6O3. The van der Waals surface area contributed by atoms with Crippen LogP contribution < -0.4 is 16.5 Å². The molecule has 0 aliphatic rings. The van der Waals surface area contributed by atoms with Gasteiger partial charge in [-0.15, -0.1) is 5.10 Å². The van der Waals surface area contributed by atoms with Crippen molar-refractivity contribution >= 4 is 28.2 Å². The molecule has 6 rings (SSSR count). The standard InChI is InChI=1S/C31H24N6O3/c1-19(34-31(39)27-23-12-6-7-16-37(23)35-30(27)32)29-26(21-9-4-3-5-10-21)28(38)25-22(11-8-13-24(25)40-29)15-14-20-17-33-36(2)18-20/h3-13,16-19H,1-2H3,(H2,32,35)(H,34,39)/t19-/m0/s1. The van der Waals surface area contributed by atoms with E-state index in [0.29, 0.717) is 38.9 Å². The fraction of sp³-hybridized carbons (Fsp3) is 0.0968. The van der Waals surface area contributed by atoms with Crippen molar-refractivity contribution < 1.29 is 9.21 Å². The van der Waals surface area contributed by atoms with E-state index in [1.807, 2.05) is 37.4 Å². The maximum atomic E-state index is 14.1. The van der Waals surface area contributed by atoms with Gasteiger partial charge in [0.25, 0.3) is 5.91 Å². The van der Waals surface area contributed by atoms with Gasteiger partial charge in [0.15, 0.2) is 5.82 Å². The normalized spacial score (nSPS) is 11.8. The Labute approximate surface area is 228 Å². The molecule has 4 heterocycles. The van der Waals surface area contributed by atoms with Gasteiger partial charge >= 0.3 is 0 Å². The number of nitrogen functional groups attached to an aromatic ring is 1. The Bertz CT molecular complexity index is 2030. The fourth-order valence-corrected chi connectivity index (χ4v) is 4.75. The first-order chi connectivity index (χ1) is 19.4. The Morgan fingerprint density at radius 2 is 1.85 bits per heavy atom. The van der Waals surface area contributed by atoms with Crippen molar-refractivity contribution in [3.05, 3.63) is 118 Å². The van der Waals surface area contributed by atoms with Crippen LogP contribution in [0, 0.1) is 11.8 Å². The van der Waals surface area contributed by atoms with E-state index in [2.05, 4.69) is 27.4 Å². The number of aromatic nitrogens is 4. The molecule has 0 radical (unpaired) electrons. The molecule has 0 aliphatic carbocycles. The molecule has 4 aromatic heterocycles. The van der Waals surface area contributed by atoms with Gasteiger partial charge in [0.2, 0.25) is 5.43 Å². The van der Waals surface area contributed by atoms with Crippen LogP contribution in [0.4, 0.5) is 5.82 Å². The number of carbonyl (C=O) groups is 1. The third-order valence-corrected chi connectivity index (χ3v) is 6.59. The highest BCUT2D eigenvalue weighted by Gasteiger charge is 2.25. The molecule has 196 valence electrons. The Kier molecular flexibility index (Phi) is 6.13. The Balaban J connectivity index is 1.48. The molecule has 0 saturated carbocycles. The number of nitrogens with two attached hydrogens (primary N) is 1. The number of anilines is 1. The summed E-state index contributed by atoms with van der Waals surface area (Å²) in [4.78, 5) is 27.6. The predicted octanol–water partition coefficient (Wildman–Crippen LogP) is 4.31. The second-order valence-electron chi connectivity index (χ2n) is 9.35. The van der Waals surface area contributed by atoms with Crippen LogP contribution in [-0.2, 0) is 7.05 Å². The zero-order valence-corrected chi connectivity index (χ0v) is 21.8. The molecule has 40 heavy (non-hydrogen) atoms. The van der Waals surface area contributed by atoms with Crippen molar-refractivity contribution in [2.24, 2.45) is 7.05 Å². The number of hydrogen-bond acceptors (Lipinski definition) is 6. The lowest BCUT2D eigenvalue weighted by Gasteiger charge is -2.18. The third-order valence-electron chi connectivity index (χ3n) is 6.59. The molecule has 9 heteroatoms. The van der Waals surface area contributed by atoms with Gasteiger partial charge in [-0.25, -0.2) is 4.52 Å². The SMILES string of the molecule is C[C@H](NC(=O)c1c(N)nn2ccccc12)c1oc2cccc(C#Cc3cnn(C)c3)c2c(=O)c1-c1ccccc1. The summed E-state index contributed by atoms with van der Waals surface area (Å²) in [6.07, 6.45) is 5.18. The van der Waals surface area contributed by atoms with Crippen molar-refractivity contribution in [3.8, 4) is 23.0 Å². The van der Waals surface area contributed by atoms with Crippen molar-refractivity contribution in [2.45, 2.75) is 13.0 Å². The highest BCUT2D eigenvalue weighted by molar-refractivity contribution is 6.05. The van der Waals surface area contributed by atoms with Gasteiger partial charge in [-0.1, -0.05) is 54.3 Å². The molecule has 6 aromatic rings. The molecule has 0 fully saturated rings. The summed E-state index contributed by atoms with van der Waals surface area (Å²) in [6.45, 7) is 1.77. The first-order valence-corrected chi connectivity index (χ1v) is 12.6. The van der Waals surface area contributed by atoms with Gasteiger partial charge in [0.1, 0.15) is 16.9 Å². The summed E-state index contributed by atoms with van der Waals surface area (Å²) in [6, 6.07) is 19.2. The van der Waals surface area contributed by atoms with Crippen LogP contribution in [0.15, 0.2) is 94.5 Å². The van der Waals surface area contributed by atoms with Crippen LogP contribution in [-0.4, -0.2) is 25.3 Å². The number of rotatable bonds is 4. The number of fused-ring (bicyclic) bond motifs is 2. The van der Waals surface area contributed by atoms with Crippen LogP contribution in [0.3, 0.4) is 0 Å². The topological polar surface area (TPSA) is 120 Å². The van der Waals surface area contributed by atoms with Crippen LogP contribution in [0.2, 0.25) is 0 Å². The quantitative estimate of drug-likeness (QED) is 0.329. The molecular weight excluding hydrogens is 504 g/mol. The lowest BCUT2D eigenvalue weighted by Crippen LogP contribution is -2.28. The molecule has 2 aromatic carbocycles. The Hall–Kier alpha value is -5.62. The molecule has 3 N–H and O–H groups in total. The van der Waals surface area contributed by atoms with E-state index in [9.17, 15) is 9.59 Å². The molecule has 0 aliphatic heterocycles. The number of benzene rings is 2. The number of pyridine rings is 1. The van der Waals surface area contributed by atoms with E-state index in [1.54, 1.807) is 71.1 Å². The van der Waals surface area contributed by atoms with E-state index in [4.69, 9.17) is 10.2 Å². The average Bonchev–Trinajstić information content (AvgIpc) is 3.53. The van der Waals surface area contributed by atoms with Gasteiger partial charge in [-0.2, -0.15) is 5.10 Å². The summed E-state index contributed by atoms with van der Waals surface area (Å²) in [7, 11) is 1.81. The summed E-state index contributed by atoms with van der Waals surface area (Å²) >= 11 is 0. The van der Waals surface area contributed by atoms with Gasteiger partial charge < -0.3 is 15.5 Å². The minimum Gasteiger partial charge on any atom is -0.458 e. The van der Waals surface area contributed by atoms with Crippen LogP contribution >= 0.6 is 0 Å². The molecule has 0 spiro atoms. The van der Waals surface area contributed by atoms with E-state index < -0.39 is 11.9 Å². The van der Waals surface area contributed by atoms with E-state index in [1.165, 1.54) is 0 Å². The summed E-state index contributed by atoms with van der Waals surface area (Å²) in [5.41, 5.74) is 9.33. The number of amides is 1. The van der Waals surface area contributed by atoms with E-state index >= 15 is 0 Å². The number of nitrogens with zero attached hydrogens (tertiary/aromatic N) is 4. The van der Waals surface area contributed by atoms with Crippen molar-refractivity contribution in [2.75, 3.05) is 5.73 Å². The number of hydrogen-bond donors (Lipinski definition) is 2. The van der Waals surface area contributed by atoms with E-state index in [-0.39, 0.29) is 16.8 Å². The maximum absolute atomic E-state index is 14.1. The summed E-state index contributed by atoms with van der Waals surface area (Å²) in [5.74, 6) is 6.18. The molecule has 0 unspecified atom stereocenters. The monoisotopic (exact) mass is 528 g/mol. The Morgan fingerprint density at radius 3 is 2.62 bits per heavy atom. The lowest BCUT2D eigenvalue weighted by molar-refractivity contribution is 0.0938. The second kappa shape index (κ2) is 9.93. The third kappa shape index (κ3) is 4.37. The van der Waals surface area contributed by atoms with Crippen molar-refractivity contribution in [1.29, 1.82) is 0 Å². The number of nitrogens with one attached hydrogen (secondary N) is 1. The van der Waals surface area contributed by atoms with Gasteiger partial charge in [-0.05, 0) is 36.8 Å². The largest absolute Gasteiger partial charge is 0.458 e. The Morgan fingerprint density at radius 1 is 1.05 bits per heavy atom. The van der Waals surface area contributed by atoms with Gasteiger partial charge in [0, 0.05) is 25.0 Å². The molecule has 0 saturated heterocycles. The van der Waals surface area contributed by atoms with Crippen LogP contribution in [0.1, 0.15) is 40.2 Å². The predicted molar refractivity (Wildman–Crippen MR) is 153 cm³/mol. The van der Waals surface area contributed by atoms with Crippen LogP contribution in [0.5, 0.6) is 0 Å². The second-order valence-corrected chi connectivity index (χ2v) is 9.35. The molecule has 9 nitrogen and oxygen atoms in total. The smallest absolute Gasteiger partial charge is 0.257 e. The zero-order chi connectivity index (χ0) is 27.8. The van der Waals surface area contributed by atoms with Crippen LogP contribution in [0.25, 0.3) is 27.6 Å². The van der Waals surface area contributed by atoms with Crippen molar-refractivity contribution in [1.82, 2.24) is 24.7 Å². The molecule has 1 amide bonds. The minimum atomic E-state index is -0.678. The number of aryl methyl sites for hydroxylation is 1. The minimum absolute atomic E-state index is 0.107.